The molecular formula is C24H28ClF3N2OS. The number of amides is 1. The Morgan fingerprint density at radius 2 is 1.88 bits per heavy atom. The predicted octanol–water partition coefficient (Wildman–Crippen LogP) is 6.76. The van der Waals surface area contributed by atoms with E-state index in [2.05, 4.69) is 24.5 Å². The van der Waals surface area contributed by atoms with Gasteiger partial charge in [-0.25, -0.2) is 13.2 Å². The van der Waals surface area contributed by atoms with E-state index in [4.69, 9.17) is 11.6 Å². The lowest BCUT2D eigenvalue weighted by atomic mass is 9.93. The molecule has 0 saturated heterocycles. The number of rotatable bonds is 8. The molecule has 1 amide bonds. The molecule has 1 aliphatic carbocycles. The van der Waals surface area contributed by atoms with Crippen LogP contribution in [0.4, 0.5) is 18.9 Å². The molecule has 0 aromatic heterocycles. The van der Waals surface area contributed by atoms with Gasteiger partial charge in [0.15, 0.2) is 17.5 Å². The number of thioether (sulfide) groups is 1. The monoisotopic (exact) mass is 484 g/mol. The summed E-state index contributed by atoms with van der Waals surface area (Å²) in [5, 5.41) is 6.61. The van der Waals surface area contributed by atoms with Crippen LogP contribution in [0.2, 0.25) is 5.02 Å². The highest BCUT2D eigenvalue weighted by Gasteiger charge is 2.35. The highest BCUT2D eigenvalue weighted by Crippen LogP contribution is 2.46. The minimum absolute atomic E-state index is 0.154. The van der Waals surface area contributed by atoms with E-state index in [-0.39, 0.29) is 5.69 Å². The van der Waals surface area contributed by atoms with Crippen molar-refractivity contribution in [3.05, 3.63) is 58.4 Å². The Kier molecular flexibility index (Phi) is 8.53. The first-order valence-corrected chi connectivity index (χ1v) is 12.0. The first kappa shape index (κ1) is 24.9. The van der Waals surface area contributed by atoms with E-state index in [0.29, 0.717) is 33.6 Å². The molecule has 174 valence electrons. The lowest BCUT2D eigenvalue weighted by molar-refractivity contribution is 0.102. The number of anilines is 1. The van der Waals surface area contributed by atoms with Gasteiger partial charge in [0.2, 0.25) is 0 Å². The van der Waals surface area contributed by atoms with Crippen molar-refractivity contribution in [2.45, 2.75) is 43.3 Å². The van der Waals surface area contributed by atoms with Gasteiger partial charge in [0.25, 0.3) is 5.91 Å². The molecule has 0 radical (unpaired) electrons. The van der Waals surface area contributed by atoms with Crippen molar-refractivity contribution in [2.75, 3.05) is 18.9 Å². The summed E-state index contributed by atoms with van der Waals surface area (Å²) in [6.45, 7) is 5.48. The summed E-state index contributed by atoms with van der Waals surface area (Å²) in [6, 6.07) is 6.42. The van der Waals surface area contributed by atoms with Gasteiger partial charge in [0.05, 0.1) is 5.02 Å². The molecule has 2 aromatic carbocycles. The third-order valence-electron chi connectivity index (χ3n) is 5.97. The van der Waals surface area contributed by atoms with Crippen molar-refractivity contribution >= 4 is 35.0 Å². The van der Waals surface area contributed by atoms with Crippen molar-refractivity contribution in [3.8, 4) is 0 Å². The summed E-state index contributed by atoms with van der Waals surface area (Å²) in [6.07, 6.45) is 3.46. The topological polar surface area (TPSA) is 41.1 Å². The molecule has 2 N–H and O–H groups in total. The molecule has 4 unspecified atom stereocenters. The van der Waals surface area contributed by atoms with Gasteiger partial charge in [-0.15, -0.1) is 11.8 Å². The van der Waals surface area contributed by atoms with E-state index < -0.39 is 23.4 Å². The van der Waals surface area contributed by atoms with E-state index in [0.717, 1.165) is 36.4 Å². The predicted molar refractivity (Wildman–Crippen MR) is 125 cm³/mol. The summed E-state index contributed by atoms with van der Waals surface area (Å²) in [4.78, 5) is 13.5. The Balaban J connectivity index is 1.75. The Bertz CT molecular complexity index is 951. The molecule has 1 saturated carbocycles. The first-order chi connectivity index (χ1) is 15.2. The number of carbonyl (C=O) groups is 1. The summed E-state index contributed by atoms with van der Waals surface area (Å²) in [7, 11) is 1.96. The number of nitrogens with one attached hydrogen (secondary N) is 2. The lowest BCUT2D eigenvalue weighted by Gasteiger charge is -2.25. The molecule has 4 atom stereocenters. The van der Waals surface area contributed by atoms with Crippen LogP contribution in [0.5, 0.6) is 0 Å². The van der Waals surface area contributed by atoms with Gasteiger partial charge in [-0.1, -0.05) is 25.4 Å². The smallest absolute Gasteiger partial charge is 0.255 e. The molecule has 0 spiro atoms. The van der Waals surface area contributed by atoms with E-state index >= 15 is 0 Å². The van der Waals surface area contributed by atoms with Gasteiger partial charge in [0, 0.05) is 33.5 Å². The zero-order chi connectivity index (χ0) is 23.4. The second kappa shape index (κ2) is 10.9. The van der Waals surface area contributed by atoms with Crippen molar-refractivity contribution in [1.29, 1.82) is 0 Å². The van der Waals surface area contributed by atoms with Crippen molar-refractivity contribution < 1.29 is 18.0 Å². The molecule has 0 aliphatic heterocycles. The third kappa shape index (κ3) is 6.00. The van der Waals surface area contributed by atoms with Gasteiger partial charge in [-0.2, -0.15) is 0 Å². The van der Waals surface area contributed by atoms with Gasteiger partial charge < -0.3 is 10.6 Å². The fourth-order valence-electron chi connectivity index (χ4n) is 4.40. The summed E-state index contributed by atoms with van der Waals surface area (Å²) in [5.74, 6) is -3.17. The van der Waals surface area contributed by atoms with Crippen LogP contribution in [0, 0.1) is 35.2 Å². The van der Waals surface area contributed by atoms with Crippen molar-refractivity contribution in [1.82, 2.24) is 5.32 Å². The molecule has 1 fully saturated rings. The minimum atomic E-state index is -1.57. The Morgan fingerprint density at radius 1 is 1.19 bits per heavy atom. The van der Waals surface area contributed by atoms with E-state index in [1.807, 2.05) is 7.05 Å². The maximum atomic E-state index is 13.5. The van der Waals surface area contributed by atoms with E-state index in [9.17, 15) is 18.0 Å². The molecule has 2 aromatic rings. The molecule has 0 bridgehead atoms. The largest absolute Gasteiger partial charge is 0.322 e. The number of hydrogen-bond acceptors (Lipinski definition) is 3. The number of benzene rings is 2. The van der Waals surface area contributed by atoms with E-state index in [1.54, 1.807) is 30.0 Å². The van der Waals surface area contributed by atoms with Crippen LogP contribution in [0.25, 0.3) is 0 Å². The molecule has 1 aliphatic rings. The van der Waals surface area contributed by atoms with Crippen LogP contribution >= 0.6 is 23.4 Å². The van der Waals surface area contributed by atoms with Crippen LogP contribution in [-0.2, 0) is 0 Å². The van der Waals surface area contributed by atoms with Crippen LogP contribution < -0.4 is 10.6 Å². The van der Waals surface area contributed by atoms with Crippen molar-refractivity contribution in [2.24, 2.45) is 17.8 Å². The number of carbonyl (C=O) groups excluding carboxylic acids is 1. The average molecular weight is 485 g/mol. The second-order valence-corrected chi connectivity index (χ2v) is 10.3. The zero-order valence-corrected chi connectivity index (χ0v) is 19.9. The maximum Gasteiger partial charge on any atom is 0.255 e. The maximum absolute atomic E-state index is 13.5. The van der Waals surface area contributed by atoms with Gasteiger partial charge in [-0.05, 0) is 68.8 Å². The van der Waals surface area contributed by atoms with Gasteiger partial charge in [-0.3, -0.25) is 4.79 Å². The minimum Gasteiger partial charge on any atom is -0.322 e. The highest BCUT2D eigenvalue weighted by atomic mass is 35.5. The third-order valence-corrected chi connectivity index (χ3v) is 8.13. The Labute approximate surface area is 196 Å². The highest BCUT2D eigenvalue weighted by molar-refractivity contribution is 8.00. The summed E-state index contributed by atoms with van der Waals surface area (Å²) in [5.41, 5.74) is 0.159. The first-order valence-electron chi connectivity index (χ1n) is 10.8. The van der Waals surface area contributed by atoms with Crippen LogP contribution in [0.3, 0.4) is 0 Å². The fourth-order valence-corrected chi connectivity index (χ4v) is 6.12. The number of hydrogen-bond donors (Lipinski definition) is 2. The molecule has 0 heterocycles. The van der Waals surface area contributed by atoms with Crippen molar-refractivity contribution in [3.63, 3.8) is 0 Å². The zero-order valence-electron chi connectivity index (χ0n) is 18.4. The SMILES string of the molecule is CNCC(C)CC1CCC(C)C1Sc1cc(C(=O)Nc2cc(F)c(F)c(F)c2)ccc1Cl. The molecule has 32 heavy (non-hydrogen) atoms. The van der Waals surface area contributed by atoms with Crippen LogP contribution in [0.15, 0.2) is 35.2 Å². The second-order valence-electron chi connectivity index (χ2n) is 8.65. The molecule has 3 rings (SSSR count). The van der Waals surface area contributed by atoms with E-state index in [1.165, 1.54) is 6.42 Å². The summed E-state index contributed by atoms with van der Waals surface area (Å²) >= 11 is 8.14. The molecule has 3 nitrogen and oxygen atoms in total. The Hall–Kier alpha value is -1.70. The quantitative estimate of drug-likeness (QED) is 0.406. The average Bonchev–Trinajstić information content (AvgIpc) is 3.07. The fraction of sp³-hybridized carbons (Fsp3) is 0.458. The van der Waals surface area contributed by atoms with Gasteiger partial charge >= 0.3 is 0 Å². The molecular weight excluding hydrogens is 457 g/mol. The van der Waals surface area contributed by atoms with Crippen LogP contribution in [0.1, 0.15) is 43.5 Å². The number of halogens is 4. The lowest BCUT2D eigenvalue weighted by Crippen LogP contribution is -2.23. The standard InChI is InChI=1S/C24H28ClF3N2OS/c1-13(12-29-3)8-15-5-4-14(2)23(15)32-21-9-16(6-7-18(21)25)24(31)30-17-10-19(26)22(28)20(27)11-17/h6-7,9-11,13-15,23,29H,4-5,8,12H2,1-3H3,(H,30,31). The van der Waals surface area contributed by atoms with Gasteiger partial charge in [0.1, 0.15) is 0 Å². The Morgan fingerprint density at radius 3 is 2.53 bits per heavy atom. The molecule has 8 heteroatoms. The van der Waals surface area contributed by atoms with Crippen LogP contribution in [-0.4, -0.2) is 24.7 Å². The summed E-state index contributed by atoms with van der Waals surface area (Å²) < 4.78 is 40.1. The normalized spacial score (nSPS) is 21.5.